The number of hydrogen-bond donors (Lipinski definition) is 0. The van der Waals surface area contributed by atoms with Crippen LogP contribution in [0.15, 0.2) is 18.7 Å². The second-order valence-corrected chi connectivity index (χ2v) is 4.50. The van der Waals surface area contributed by atoms with Gasteiger partial charge in [0.25, 0.3) is 0 Å². The van der Waals surface area contributed by atoms with Gasteiger partial charge in [0.05, 0.1) is 12.4 Å². The van der Waals surface area contributed by atoms with Crippen LogP contribution in [-0.4, -0.2) is 36.1 Å². The molecule has 0 atom stereocenters. The van der Waals surface area contributed by atoms with Gasteiger partial charge >= 0.3 is 6.36 Å². The molecule has 1 aromatic heterocycles. The smallest absolute Gasteiger partial charge is 0.291 e. The van der Waals surface area contributed by atoms with Gasteiger partial charge in [-0.2, -0.15) is 0 Å². The summed E-state index contributed by atoms with van der Waals surface area (Å²) in [7, 11) is -3.81. The van der Waals surface area contributed by atoms with E-state index in [2.05, 4.69) is 9.72 Å². The molecule has 0 aliphatic carbocycles. The Hall–Kier alpha value is -1.09. The largest absolute Gasteiger partial charge is 0.522 e. The van der Waals surface area contributed by atoms with Crippen LogP contribution in [0.3, 0.4) is 0 Å². The van der Waals surface area contributed by atoms with Gasteiger partial charge in [0.2, 0.25) is 10.0 Å². The van der Waals surface area contributed by atoms with Gasteiger partial charge < -0.3 is 0 Å². The normalized spacial score (nSPS) is 13.0. The van der Waals surface area contributed by atoms with E-state index in [0.29, 0.717) is 0 Å². The van der Waals surface area contributed by atoms with Crippen LogP contribution in [0.1, 0.15) is 0 Å². The maximum absolute atomic E-state index is 11.5. The van der Waals surface area contributed by atoms with Crippen molar-refractivity contribution in [3.8, 4) is 0 Å². The van der Waals surface area contributed by atoms with Gasteiger partial charge in [0.15, 0.2) is 0 Å². The predicted molar refractivity (Wildman–Crippen MR) is 43.4 cm³/mol. The molecule has 86 valence electrons. The van der Waals surface area contributed by atoms with E-state index in [0.717, 1.165) is 16.5 Å². The molecule has 0 aliphatic rings. The van der Waals surface area contributed by atoms with Gasteiger partial charge in [-0.15, -0.1) is 13.2 Å². The standard InChI is InChI=1S/C6H7F3N2O3S/c7-6(8,9)14-3-4-15(12,13)11-2-1-10-5-11/h1-2,5H,3-4H2. The van der Waals surface area contributed by atoms with Crippen LogP contribution in [0.4, 0.5) is 13.2 Å². The molecular weight excluding hydrogens is 237 g/mol. The SMILES string of the molecule is O=S(=O)(CCOC(F)(F)F)n1ccnc1. The second-order valence-electron chi connectivity index (χ2n) is 2.50. The van der Waals surface area contributed by atoms with Gasteiger partial charge in [-0.25, -0.2) is 17.4 Å². The van der Waals surface area contributed by atoms with Crippen molar-refractivity contribution in [1.29, 1.82) is 0 Å². The maximum atomic E-state index is 11.5. The summed E-state index contributed by atoms with van der Waals surface area (Å²) in [5.41, 5.74) is 0. The summed E-state index contributed by atoms with van der Waals surface area (Å²) >= 11 is 0. The van der Waals surface area contributed by atoms with Gasteiger partial charge in [0.1, 0.15) is 6.33 Å². The molecule has 0 aromatic carbocycles. The Balaban J connectivity index is 2.53. The molecule has 0 N–H and O–H groups in total. The highest BCUT2D eigenvalue weighted by Crippen LogP contribution is 2.15. The minimum absolute atomic E-state index is 0.729. The summed E-state index contributed by atoms with van der Waals surface area (Å²) in [4.78, 5) is 3.47. The molecule has 1 heterocycles. The summed E-state index contributed by atoms with van der Waals surface area (Å²) in [5, 5.41) is 0. The van der Waals surface area contributed by atoms with E-state index in [1.807, 2.05) is 0 Å². The lowest BCUT2D eigenvalue weighted by Crippen LogP contribution is -2.23. The molecule has 5 nitrogen and oxygen atoms in total. The van der Waals surface area contributed by atoms with E-state index < -0.39 is 28.7 Å². The van der Waals surface area contributed by atoms with E-state index in [1.165, 1.54) is 6.20 Å². The molecular formula is C6H7F3N2O3S. The molecule has 1 rings (SSSR count). The van der Waals surface area contributed by atoms with E-state index in [-0.39, 0.29) is 0 Å². The lowest BCUT2D eigenvalue weighted by Gasteiger charge is -2.07. The highest BCUT2D eigenvalue weighted by molar-refractivity contribution is 7.89. The molecule has 9 heteroatoms. The number of alkyl halides is 3. The predicted octanol–water partition coefficient (Wildman–Crippen LogP) is 0.597. The molecule has 0 bridgehead atoms. The zero-order valence-electron chi connectivity index (χ0n) is 7.31. The highest BCUT2D eigenvalue weighted by Gasteiger charge is 2.29. The fourth-order valence-corrected chi connectivity index (χ4v) is 1.72. The Morgan fingerprint density at radius 2 is 2.07 bits per heavy atom. The Morgan fingerprint density at radius 1 is 1.40 bits per heavy atom. The van der Waals surface area contributed by atoms with Gasteiger partial charge in [-0.05, 0) is 0 Å². The van der Waals surface area contributed by atoms with Crippen molar-refractivity contribution in [2.24, 2.45) is 0 Å². The van der Waals surface area contributed by atoms with Crippen LogP contribution in [0, 0.1) is 0 Å². The lowest BCUT2D eigenvalue weighted by molar-refractivity contribution is -0.322. The Morgan fingerprint density at radius 3 is 2.53 bits per heavy atom. The second kappa shape index (κ2) is 4.19. The first-order valence-corrected chi connectivity index (χ1v) is 5.34. The number of aromatic nitrogens is 2. The van der Waals surface area contributed by atoms with Crippen molar-refractivity contribution in [3.05, 3.63) is 18.7 Å². The number of hydrogen-bond acceptors (Lipinski definition) is 4. The van der Waals surface area contributed by atoms with Crippen molar-refractivity contribution in [3.63, 3.8) is 0 Å². The molecule has 0 saturated carbocycles. The molecule has 0 radical (unpaired) electrons. The molecule has 15 heavy (non-hydrogen) atoms. The molecule has 0 spiro atoms. The molecule has 0 saturated heterocycles. The van der Waals surface area contributed by atoms with Crippen molar-refractivity contribution < 1.29 is 26.3 Å². The quantitative estimate of drug-likeness (QED) is 0.778. The third kappa shape index (κ3) is 3.88. The van der Waals surface area contributed by atoms with E-state index >= 15 is 0 Å². The lowest BCUT2D eigenvalue weighted by atomic mass is 10.9. The molecule has 0 aliphatic heterocycles. The number of ether oxygens (including phenoxy) is 1. The Labute approximate surface area is 83.5 Å². The molecule has 1 aromatic rings. The first-order valence-electron chi connectivity index (χ1n) is 3.73. The van der Waals surface area contributed by atoms with Crippen LogP contribution in [-0.2, 0) is 14.8 Å². The van der Waals surface area contributed by atoms with Crippen molar-refractivity contribution in [2.45, 2.75) is 6.36 Å². The first-order chi connectivity index (χ1) is 6.81. The Bertz CT molecular complexity index is 398. The summed E-state index contributed by atoms with van der Waals surface area (Å²) in [6, 6.07) is 0. The minimum Gasteiger partial charge on any atom is -0.291 e. The molecule has 0 unspecified atom stereocenters. The van der Waals surface area contributed by atoms with Crippen molar-refractivity contribution in [1.82, 2.24) is 8.96 Å². The number of halogens is 3. The van der Waals surface area contributed by atoms with Crippen LogP contribution >= 0.6 is 0 Å². The summed E-state index contributed by atoms with van der Waals surface area (Å²) in [5.74, 6) is -0.761. The molecule has 0 amide bonds. The highest BCUT2D eigenvalue weighted by atomic mass is 32.2. The molecule has 0 fully saturated rings. The van der Waals surface area contributed by atoms with E-state index in [9.17, 15) is 21.6 Å². The van der Waals surface area contributed by atoms with Gasteiger partial charge in [-0.3, -0.25) is 4.74 Å². The van der Waals surface area contributed by atoms with Crippen LogP contribution in [0.2, 0.25) is 0 Å². The zero-order chi connectivity index (χ0) is 11.5. The minimum atomic E-state index is -4.82. The van der Waals surface area contributed by atoms with Crippen LogP contribution in [0.25, 0.3) is 0 Å². The van der Waals surface area contributed by atoms with Crippen LogP contribution in [0.5, 0.6) is 0 Å². The number of rotatable bonds is 4. The average Bonchev–Trinajstić information content (AvgIpc) is 2.52. The van der Waals surface area contributed by atoms with Crippen molar-refractivity contribution >= 4 is 10.0 Å². The monoisotopic (exact) mass is 244 g/mol. The number of nitrogens with zero attached hydrogens (tertiary/aromatic N) is 2. The Kier molecular flexibility index (Phi) is 3.35. The fourth-order valence-electron chi connectivity index (χ4n) is 0.780. The van der Waals surface area contributed by atoms with E-state index in [1.54, 1.807) is 0 Å². The summed E-state index contributed by atoms with van der Waals surface area (Å²) in [6.07, 6.45) is -1.49. The van der Waals surface area contributed by atoms with E-state index in [4.69, 9.17) is 0 Å². The third-order valence-corrected chi connectivity index (χ3v) is 2.95. The van der Waals surface area contributed by atoms with Crippen molar-refractivity contribution in [2.75, 3.05) is 12.4 Å². The van der Waals surface area contributed by atoms with Gasteiger partial charge in [0, 0.05) is 12.4 Å². The van der Waals surface area contributed by atoms with Crippen LogP contribution < -0.4 is 0 Å². The summed E-state index contributed by atoms with van der Waals surface area (Å²) < 4.78 is 61.2. The first kappa shape index (κ1) is 12.0. The van der Waals surface area contributed by atoms with Gasteiger partial charge in [-0.1, -0.05) is 0 Å². The summed E-state index contributed by atoms with van der Waals surface area (Å²) in [6.45, 7) is -0.940. The average molecular weight is 244 g/mol. The fraction of sp³-hybridized carbons (Fsp3) is 0.500. The number of imidazole rings is 1. The zero-order valence-corrected chi connectivity index (χ0v) is 8.12. The topological polar surface area (TPSA) is 61.2 Å². The maximum Gasteiger partial charge on any atom is 0.522 e. The third-order valence-electron chi connectivity index (χ3n) is 1.41.